The number of sulfonamides is 1. The summed E-state index contributed by atoms with van der Waals surface area (Å²) in [6.45, 7) is 7.39. The van der Waals surface area contributed by atoms with Gasteiger partial charge in [0.1, 0.15) is 24.2 Å². The molecule has 0 saturated carbocycles. The summed E-state index contributed by atoms with van der Waals surface area (Å²) in [5.74, 6) is -0.923. The molecule has 0 spiro atoms. The van der Waals surface area contributed by atoms with Gasteiger partial charge in [-0.25, -0.2) is 12.8 Å². The first kappa shape index (κ1) is 31.6. The molecule has 10 heteroatoms. The zero-order valence-corrected chi connectivity index (χ0v) is 24.7. The van der Waals surface area contributed by atoms with Crippen molar-refractivity contribution in [2.75, 3.05) is 17.5 Å². The number of carbonyl (C=O) groups is 2. The van der Waals surface area contributed by atoms with Gasteiger partial charge in [0, 0.05) is 12.6 Å². The number of ether oxygens (including phenoxy) is 1. The summed E-state index contributed by atoms with van der Waals surface area (Å²) >= 11 is 0. The Balaban J connectivity index is 2.03. The summed E-state index contributed by atoms with van der Waals surface area (Å²) in [4.78, 5) is 28.7. The van der Waals surface area contributed by atoms with Crippen molar-refractivity contribution in [3.05, 3.63) is 90.2 Å². The van der Waals surface area contributed by atoms with Gasteiger partial charge in [0.05, 0.1) is 17.2 Å². The zero-order valence-electron chi connectivity index (χ0n) is 23.9. The molecule has 220 valence electrons. The molecule has 3 aromatic rings. The number of nitrogens with one attached hydrogen (secondary N) is 1. The van der Waals surface area contributed by atoms with Crippen LogP contribution in [-0.4, -0.2) is 50.4 Å². The average Bonchev–Trinajstić information content (AvgIpc) is 2.97. The molecule has 0 bridgehead atoms. The smallest absolute Gasteiger partial charge is 0.264 e. The van der Waals surface area contributed by atoms with E-state index in [1.165, 1.54) is 41.3 Å². The van der Waals surface area contributed by atoms with Crippen LogP contribution in [0.5, 0.6) is 5.75 Å². The van der Waals surface area contributed by atoms with Gasteiger partial charge >= 0.3 is 0 Å². The second-order valence-corrected chi connectivity index (χ2v) is 11.5. The first-order chi connectivity index (χ1) is 19.6. The van der Waals surface area contributed by atoms with Crippen LogP contribution in [0.15, 0.2) is 83.8 Å². The molecule has 0 aliphatic carbocycles. The van der Waals surface area contributed by atoms with E-state index in [1.54, 1.807) is 6.92 Å². The minimum Gasteiger partial charge on any atom is -0.494 e. The molecule has 0 fully saturated rings. The molecule has 0 heterocycles. The minimum atomic E-state index is -4.27. The molecular formula is C31H38FN3O5S. The molecule has 2 amide bonds. The van der Waals surface area contributed by atoms with E-state index >= 15 is 0 Å². The lowest BCUT2D eigenvalue weighted by Gasteiger charge is -2.33. The SMILES string of the molecule is CCOc1ccc(S(=O)(=O)N(CC(=O)N(Cc2ccccc2)C(CC)C(=O)NC(C)CC)c2ccc(F)cc2)cc1. The Labute approximate surface area is 242 Å². The molecule has 2 unspecified atom stereocenters. The fourth-order valence-electron chi connectivity index (χ4n) is 4.28. The van der Waals surface area contributed by atoms with Crippen molar-refractivity contribution in [2.24, 2.45) is 0 Å². The molecule has 41 heavy (non-hydrogen) atoms. The first-order valence-corrected chi connectivity index (χ1v) is 15.2. The van der Waals surface area contributed by atoms with Crippen molar-refractivity contribution in [1.29, 1.82) is 0 Å². The molecule has 3 aromatic carbocycles. The molecule has 0 aromatic heterocycles. The zero-order chi connectivity index (χ0) is 30.0. The molecule has 0 aliphatic heterocycles. The predicted octanol–water partition coefficient (Wildman–Crippen LogP) is 5.14. The molecule has 3 rings (SSSR count). The first-order valence-electron chi connectivity index (χ1n) is 13.8. The van der Waals surface area contributed by atoms with E-state index in [0.717, 1.165) is 22.0 Å². The van der Waals surface area contributed by atoms with E-state index in [2.05, 4.69) is 5.32 Å². The van der Waals surface area contributed by atoms with Crippen LogP contribution in [0.4, 0.5) is 10.1 Å². The molecular weight excluding hydrogens is 545 g/mol. The normalized spacial score (nSPS) is 12.7. The van der Waals surface area contributed by atoms with Crippen LogP contribution in [0.25, 0.3) is 0 Å². The molecule has 1 N–H and O–H groups in total. The Bertz CT molecular complexity index is 1380. The quantitative estimate of drug-likeness (QED) is 0.284. The van der Waals surface area contributed by atoms with Crippen molar-refractivity contribution in [3.63, 3.8) is 0 Å². The van der Waals surface area contributed by atoms with Crippen molar-refractivity contribution >= 4 is 27.5 Å². The van der Waals surface area contributed by atoms with Gasteiger partial charge in [0.2, 0.25) is 11.8 Å². The second kappa shape index (κ2) is 14.6. The van der Waals surface area contributed by atoms with Crippen LogP contribution in [0, 0.1) is 5.82 Å². The van der Waals surface area contributed by atoms with Crippen LogP contribution in [0.2, 0.25) is 0 Å². The van der Waals surface area contributed by atoms with Crippen LogP contribution in [0.3, 0.4) is 0 Å². The number of halogens is 1. The number of rotatable bonds is 14. The highest BCUT2D eigenvalue weighted by atomic mass is 32.2. The van der Waals surface area contributed by atoms with Crippen molar-refractivity contribution in [2.45, 2.75) is 64.1 Å². The maximum atomic E-state index is 14.0. The summed E-state index contributed by atoms with van der Waals surface area (Å²) in [5, 5.41) is 2.95. The molecule has 0 saturated heterocycles. The number of benzene rings is 3. The fourth-order valence-corrected chi connectivity index (χ4v) is 5.69. The predicted molar refractivity (Wildman–Crippen MR) is 158 cm³/mol. The molecule has 0 radical (unpaired) electrons. The summed E-state index contributed by atoms with van der Waals surface area (Å²) in [6.07, 6.45) is 1.04. The van der Waals surface area contributed by atoms with Gasteiger partial charge in [0.25, 0.3) is 10.0 Å². The van der Waals surface area contributed by atoms with E-state index in [0.29, 0.717) is 25.2 Å². The summed E-state index contributed by atoms with van der Waals surface area (Å²) < 4.78 is 48.0. The van der Waals surface area contributed by atoms with Gasteiger partial charge in [0.15, 0.2) is 0 Å². The lowest BCUT2D eigenvalue weighted by Crippen LogP contribution is -2.53. The third kappa shape index (κ3) is 8.29. The third-order valence-corrected chi connectivity index (χ3v) is 8.49. The molecule has 8 nitrogen and oxygen atoms in total. The van der Waals surface area contributed by atoms with Crippen LogP contribution in [-0.2, 0) is 26.2 Å². The number of anilines is 1. The lowest BCUT2D eigenvalue weighted by molar-refractivity contribution is -0.140. The Morgan fingerprint density at radius 1 is 0.902 bits per heavy atom. The fraction of sp³-hybridized carbons (Fsp3) is 0.355. The van der Waals surface area contributed by atoms with Gasteiger partial charge in [-0.15, -0.1) is 0 Å². The highest BCUT2D eigenvalue weighted by Gasteiger charge is 2.34. The van der Waals surface area contributed by atoms with Crippen LogP contribution >= 0.6 is 0 Å². The maximum Gasteiger partial charge on any atom is 0.264 e. The average molecular weight is 584 g/mol. The summed E-state index contributed by atoms with van der Waals surface area (Å²) in [6, 6.07) is 19.0. The number of carbonyl (C=O) groups excluding carboxylic acids is 2. The van der Waals surface area contributed by atoms with Gasteiger partial charge in [-0.3, -0.25) is 13.9 Å². The largest absolute Gasteiger partial charge is 0.494 e. The van der Waals surface area contributed by atoms with Gasteiger partial charge < -0.3 is 15.0 Å². The highest BCUT2D eigenvalue weighted by Crippen LogP contribution is 2.26. The number of hydrogen-bond acceptors (Lipinski definition) is 5. The van der Waals surface area contributed by atoms with Crippen molar-refractivity contribution in [3.8, 4) is 5.75 Å². The van der Waals surface area contributed by atoms with Crippen molar-refractivity contribution < 1.29 is 27.1 Å². The van der Waals surface area contributed by atoms with E-state index in [9.17, 15) is 22.4 Å². The lowest BCUT2D eigenvalue weighted by atomic mass is 10.1. The Morgan fingerprint density at radius 3 is 2.10 bits per heavy atom. The van der Waals surface area contributed by atoms with E-state index in [-0.39, 0.29) is 29.1 Å². The monoisotopic (exact) mass is 583 g/mol. The maximum absolute atomic E-state index is 14.0. The van der Waals surface area contributed by atoms with Gasteiger partial charge in [-0.1, -0.05) is 44.2 Å². The minimum absolute atomic E-state index is 0.0609. The second-order valence-electron chi connectivity index (χ2n) is 9.64. The van der Waals surface area contributed by atoms with E-state index in [4.69, 9.17) is 4.74 Å². The Morgan fingerprint density at radius 2 is 1.54 bits per heavy atom. The van der Waals surface area contributed by atoms with Gasteiger partial charge in [-0.2, -0.15) is 0 Å². The van der Waals surface area contributed by atoms with E-state index in [1.807, 2.05) is 51.1 Å². The van der Waals surface area contributed by atoms with Crippen molar-refractivity contribution in [1.82, 2.24) is 10.2 Å². The van der Waals surface area contributed by atoms with Gasteiger partial charge in [-0.05, 0) is 80.8 Å². The summed E-state index contributed by atoms with van der Waals surface area (Å²) in [5.41, 5.74) is 0.906. The summed E-state index contributed by atoms with van der Waals surface area (Å²) in [7, 11) is -4.27. The Hall–Kier alpha value is -3.92. The van der Waals surface area contributed by atoms with Crippen LogP contribution < -0.4 is 14.4 Å². The Kier molecular flexibility index (Phi) is 11.3. The molecule has 0 aliphatic rings. The third-order valence-electron chi connectivity index (χ3n) is 6.70. The standard InChI is InChI=1S/C31H38FN3O5S/c1-5-23(4)33-31(37)29(6-2)34(21-24-11-9-8-10-12-24)30(36)22-35(26-15-13-25(32)14-16-26)41(38,39)28-19-17-27(18-20-28)40-7-3/h8-20,23,29H,5-7,21-22H2,1-4H3,(H,33,37). The number of amides is 2. The number of hydrogen-bond donors (Lipinski definition) is 1. The molecule has 2 atom stereocenters. The topological polar surface area (TPSA) is 96.0 Å². The highest BCUT2D eigenvalue weighted by molar-refractivity contribution is 7.92. The number of nitrogens with zero attached hydrogens (tertiary/aromatic N) is 2. The van der Waals surface area contributed by atoms with E-state index < -0.39 is 34.3 Å². The van der Waals surface area contributed by atoms with Crippen LogP contribution in [0.1, 0.15) is 46.1 Å².